The zero-order chi connectivity index (χ0) is 12.8. The van der Waals surface area contributed by atoms with Gasteiger partial charge in [0.15, 0.2) is 0 Å². The topological polar surface area (TPSA) is 41.8 Å². The maximum absolute atomic E-state index is 6.65. The second-order valence-electron chi connectivity index (χ2n) is 5.89. The molecule has 2 heteroatoms. The van der Waals surface area contributed by atoms with Crippen LogP contribution in [0.1, 0.15) is 48.9 Å². The van der Waals surface area contributed by atoms with Gasteiger partial charge in [-0.3, -0.25) is 0 Å². The molecular weight excluding hydrogens is 220 g/mol. The zero-order valence-corrected chi connectivity index (χ0v) is 11.3. The minimum Gasteiger partial charge on any atom is -0.357 e. The molecule has 0 bridgehead atoms. The normalized spacial score (nSPS) is 19.3. The second-order valence-corrected chi connectivity index (χ2v) is 5.89. The van der Waals surface area contributed by atoms with Crippen LogP contribution in [0.5, 0.6) is 0 Å². The first kappa shape index (κ1) is 11.8. The van der Waals surface area contributed by atoms with Crippen molar-refractivity contribution in [3.05, 3.63) is 35.0 Å². The smallest absolute Gasteiger partial charge is 0.0564 e. The number of benzene rings is 1. The minimum atomic E-state index is -0.130. The fourth-order valence-corrected chi connectivity index (χ4v) is 3.37. The summed E-state index contributed by atoms with van der Waals surface area (Å²) in [5.74, 6) is 0. The van der Waals surface area contributed by atoms with Crippen molar-refractivity contribution in [3.63, 3.8) is 0 Å². The second kappa shape index (κ2) is 4.13. The largest absolute Gasteiger partial charge is 0.357 e. The fourth-order valence-electron chi connectivity index (χ4n) is 3.37. The standard InChI is InChI=1S/C16H22N2/c1-11-6-7-14-13(10-11)12(2)15(18-14)16(17)8-4-3-5-9-16/h6-7,10,18H,3-5,8-9,17H2,1-2H3. The molecule has 0 atom stereocenters. The molecule has 0 aliphatic heterocycles. The van der Waals surface area contributed by atoms with Crippen molar-refractivity contribution in [1.82, 2.24) is 4.98 Å². The molecule has 2 aromatic rings. The summed E-state index contributed by atoms with van der Waals surface area (Å²) < 4.78 is 0. The van der Waals surface area contributed by atoms with Gasteiger partial charge in [0.05, 0.1) is 5.54 Å². The molecule has 3 N–H and O–H groups in total. The summed E-state index contributed by atoms with van der Waals surface area (Å²) in [6, 6.07) is 6.59. The molecule has 1 saturated carbocycles. The van der Waals surface area contributed by atoms with E-state index in [1.807, 2.05) is 0 Å². The van der Waals surface area contributed by atoms with Crippen LogP contribution < -0.4 is 5.73 Å². The van der Waals surface area contributed by atoms with Gasteiger partial charge in [-0.2, -0.15) is 0 Å². The monoisotopic (exact) mass is 242 g/mol. The molecule has 1 fully saturated rings. The van der Waals surface area contributed by atoms with Gasteiger partial charge in [-0.1, -0.05) is 30.9 Å². The van der Waals surface area contributed by atoms with Gasteiger partial charge < -0.3 is 10.7 Å². The Balaban J connectivity index is 2.14. The third-order valence-electron chi connectivity index (χ3n) is 4.46. The highest BCUT2D eigenvalue weighted by Crippen LogP contribution is 2.38. The highest BCUT2D eigenvalue weighted by Gasteiger charge is 2.32. The van der Waals surface area contributed by atoms with Crippen LogP contribution in [0.15, 0.2) is 18.2 Å². The highest BCUT2D eigenvalue weighted by molar-refractivity contribution is 5.85. The number of aromatic nitrogens is 1. The Labute approximate surface area is 109 Å². The summed E-state index contributed by atoms with van der Waals surface area (Å²) in [5.41, 5.74) is 11.7. The summed E-state index contributed by atoms with van der Waals surface area (Å²) in [5, 5.41) is 1.33. The van der Waals surface area contributed by atoms with Crippen LogP contribution in [-0.2, 0) is 5.54 Å². The van der Waals surface area contributed by atoms with Crippen molar-refractivity contribution >= 4 is 10.9 Å². The molecule has 3 rings (SSSR count). The molecule has 96 valence electrons. The average molecular weight is 242 g/mol. The van der Waals surface area contributed by atoms with Crippen molar-refractivity contribution in [2.24, 2.45) is 5.73 Å². The van der Waals surface area contributed by atoms with Crippen LogP contribution in [0.25, 0.3) is 10.9 Å². The lowest BCUT2D eigenvalue weighted by atomic mass is 9.79. The number of hydrogen-bond acceptors (Lipinski definition) is 1. The van der Waals surface area contributed by atoms with Gasteiger partial charge >= 0.3 is 0 Å². The van der Waals surface area contributed by atoms with Crippen LogP contribution >= 0.6 is 0 Å². The Bertz CT molecular complexity index is 574. The lowest BCUT2D eigenvalue weighted by Crippen LogP contribution is -2.39. The van der Waals surface area contributed by atoms with E-state index in [2.05, 4.69) is 37.0 Å². The Morgan fingerprint density at radius 1 is 1.11 bits per heavy atom. The van der Waals surface area contributed by atoms with Crippen LogP contribution in [0.4, 0.5) is 0 Å². The van der Waals surface area contributed by atoms with Gasteiger partial charge in [0, 0.05) is 16.6 Å². The molecule has 1 aromatic carbocycles. The van der Waals surface area contributed by atoms with Gasteiger partial charge in [0.2, 0.25) is 0 Å². The first-order chi connectivity index (χ1) is 8.60. The molecule has 1 aliphatic carbocycles. The van der Waals surface area contributed by atoms with Crippen molar-refractivity contribution in [1.29, 1.82) is 0 Å². The fraction of sp³-hybridized carbons (Fsp3) is 0.500. The lowest BCUT2D eigenvalue weighted by molar-refractivity contribution is 0.295. The first-order valence-corrected chi connectivity index (χ1v) is 6.98. The van der Waals surface area contributed by atoms with E-state index in [4.69, 9.17) is 5.73 Å². The van der Waals surface area contributed by atoms with E-state index in [0.717, 1.165) is 12.8 Å². The molecule has 0 unspecified atom stereocenters. The first-order valence-electron chi connectivity index (χ1n) is 6.98. The summed E-state index contributed by atoms with van der Waals surface area (Å²) in [6.45, 7) is 4.35. The molecule has 1 aliphatic rings. The van der Waals surface area contributed by atoms with Crippen molar-refractivity contribution in [2.45, 2.75) is 51.5 Å². The van der Waals surface area contributed by atoms with E-state index in [9.17, 15) is 0 Å². The summed E-state index contributed by atoms with van der Waals surface area (Å²) in [6.07, 6.45) is 6.06. The van der Waals surface area contributed by atoms with E-state index < -0.39 is 0 Å². The quantitative estimate of drug-likeness (QED) is 0.782. The number of nitrogens with two attached hydrogens (primary N) is 1. The van der Waals surface area contributed by atoms with Crippen LogP contribution in [0.3, 0.4) is 0 Å². The third kappa shape index (κ3) is 1.76. The molecule has 1 heterocycles. The third-order valence-corrected chi connectivity index (χ3v) is 4.46. The van der Waals surface area contributed by atoms with Crippen molar-refractivity contribution in [2.75, 3.05) is 0 Å². The van der Waals surface area contributed by atoms with Crippen molar-refractivity contribution in [3.8, 4) is 0 Å². The summed E-state index contributed by atoms with van der Waals surface area (Å²) in [4.78, 5) is 3.58. The molecule has 0 amide bonds. The van der Waals surface area contributed by atoms with Crippen LogP contribution in [-0.4, -0.2) is 4.98 Å². The maximum Gasteiger partial charge on any atom is 0.0564 e. The van der Waals surface area contributed by atoms with Gasteiger partial charge in [-0.25, -0.2) is 0 Å². The predicted octanol–water partition coefficient (Wildman–Crippen LogP) is 3.90. The number of rotatable bonds is 1. The number of aryl methyl sites for hydroxylation is 2. The van der Waals surface area contributed by atoms with Crippen LogP contribution in [0.2, 0.25) is 0 Å². The average Bonchev–Trinajstić information content (AvgIpc) is 2.68. The molecular formula is C16H22N2. The molecule has 18 heavy (non-hydrogen) atoms. The SMILES string of the molecule is Cc1ccc2[nH]c(C3(N)CCCCC3)c(C)c2c1. The zero-order valence-electron chi connectivity index (χ0n) is 11.3. The van der Waals surface area contributed by atoms with E-state index >= 15 is 0 Å². The molecule has 0 saturated heterocycles. The summed E-state index contributed by atoms with van der Waals surface area (Å²) in [7, 11) is 0. The predicted molar refractivity (Wildman–Crippen MR) is 76.7 cm³/mol. The Morgan fingerprint density at radius 3 is 2.56 bits per heavy atom. The number of H-pyrrole nitrogens is 1. The Morgan fingerprint density at radius 2 is 1.83 bits per heavy atom. The highest BCUT2D eigenvalue weighted by atomic mass is 14.9. The van der Waals surface area contributed by atoms with Gasteiger partial charge in [0.25, 0.3) is 0 Å². The van der Waals surface area contributed by atoms with Crippen LogP contribution in [0, 0.1) is 13.8 Å². The van der Waals surface area contributed by atoms with Gasteiger partial charge in [-0.15, -0.1) is 0 Å². The molecule has 2 nitrogen and oxygen atoms in total. The molecule has 0 spiro atoms. The minimum absolute atomic E-state index is 0.130. The maximum atomic E-state index is 6.65. The number of aromatic amines is 1. The van der Waals surface area contributed by atoms with Gasteiger partial charge in [0.1, 0.15) is 0 Å². The van der Waals surface area contributed by atoms with Gasteiger partial charge in [-0.05, 0) is 44.4 Å². The number of nitrogens with one attached hydrogen (secondary N) is 1. The lowest BCUT2D eigenvalue weighted by Gasteiger charge is -2.33. The van der Waals surface area contributed by atoms with Crippen molar-refractivity contribution < 1.29 is 0 Å². The Kier molecular flexibility index (Phi) is 2.70. The number of fused-ring (bicyclic) bond motifs is 1. The molecule has 1 aromatic heterocycles. The van der Waals surface area contributed by atoms with E-state index in [1.54, 1.807) is 0 Å². The van der Waals surface area contributed by atoms with E-state index in [-0.39, 0.29) is 5.54 Å². The Hall–Kier alpha value is -1.28. The molecule has 0 radical (unpaired) electrons. The van der Waals surface area contributed by atoms with E-state index in [0.29, 0.717) is 0 Å². The number of hydrogen-bond donors (Lipinski definition) is 2. The van der Waals surface area contributed by atoms with E-state index in [1.165, 1.54) is 47.0 Å². The summed E-state index contributed by atoms with van der Waals surface area (Å²) >= 11 is 0.